The van der Waals surface area contributed by atoms with Crippen LogP contribution >= 0.6 is 23.8 Å². The Morgan fingerprint density at radius 2 is 1.89 bits per heavy atom. The SMILES string of the molecule is S=C1CC(c2ccccc2)Oc2ccc(Cl)cc21. The van der Waals surface area contributed by atoms with E-state index in [4.69, 9.17) is 28.6 Å². The molecule has 90 valence electrons. The molecule has 1 aliphatic heterocycles. The highest BCUT2D eigenvalue weighted by atomic mass is 35.5. The number of thiocarbonyl (C=S) groups is 1. The maximum Gasteiger partial charge on any atom is 0.129 e. The van der Waals surface area contributed by atoms with Crippen molar-refractivity contribution in [2.45, 2.75) is 12.5 Å². The van der Waals surface area contributed by atoms with Crippen LogP contribution in [0.1, 0.15) is 23.7 Å². The van der Waals surface area contributed by atoms with Crippen molar-refractivity contribution in [3.05, 3.63) is 64.7 Å². The summed E-state index contributed by atoms with van der Waals surface area (Å²) in [6, 6.07) is 15.7. The summed E-state index contributed by atoms with van der Waals surface area (Å²) in [7, 11) is 0. The molecule has 1 nitrogen and oxygen atoms in total. The van der Waals surface area contributed by atoms with Crippen molar-refractivity contribution in [3.8, 4) is 5.75 Å². The largest absolute Gasteiger partial charge is 0.485 e. The fraction of sp³-hybridized carbons (Fsp3) is 0.133. The van der Waals surface area contributed by atoms with Crippen molar-refractivity contribution < 1.29 is 4.74 Å². The van der Waals surface area contributed by atoms with E-state index < -0.39 is 0 Å². The topological polar surface area (TPSA) is 9.23 Å². The van der Waals surface area contributed by atoms with E-state index in [1.54, 1.807) is 0 Å². The molecule has 2 aromatic rings. The molecule has 1 unspecified atom stereocenters. The molecule has 0 bridgehead atoms. The Hall–Kier alpha value is -1.38. The van der Waals surface area contributed by atoms with E-state index in [1.807, 2.05) is 36.4 Å². The van der Waals surface area contributed by atoms with Gasteiger partial charge in [0.2, 0.25) is 0 Å². The predicted octanol–water partition coefficient (Wildman–Crippen LogP) is 4.58. The molecule has 0 fully saturated rings. The van der Waals surface area contributed by atoms with Gasteiger partial charge in [-0.2, -0.15) is 0 Å². The van der Waals surface area contributed by atoms with E-state index in [0.717, 1.165) is 28.2 Å². The predicted molar refractivity (Wildman–Crippen MR) is 77.6 cm³/mol. The Bertz CT molecular complexity index is 595. The van der Waals surface area contributed by atoms with Crippen LogP contribution in [0.2, 0.25) is 5.02 Å². The lowest BCUT2D eigenvalue weighted by molar-refractivity contribution is 0.207. The number of halogens is 1. The van der Waals surface area contributed by atoms with Crippen molar-refractivity contribution in [2.24, 2.45) is 0 Å². The van der Waals surface area contributed by atoms with Gasteiger partial charge in [0.05, 0.1) is 0 Å². The number of hydrogen-bond donors (Lipinski definition) is 0. The first-order chi connectivity index (χ1) is 8.74. The van der Waals surface area contributed by atoms with E-state index in [-0.39, 0.29) is 6.10 Å². The first-order valence-corrected chi connectivity index (χ1v) is 6.57. The van der Waals surface area contributed by atoms with Gasteiger partial charge in [-0.05, 0) is 23.8 Å². The quantitative estimate of drug-likeness (QED) is 0.704. The summed E-state index contributed by atoms with van der Waals surface area (Å²) >= 11 is 11.4. The van der Waals surface area contributed by atoms with Crippen LogP contribution in [0.4, 0.5) is 0 Å². The van der Waals surface area contributed by atoms with E-state index in [9.17, 15) is 0 Å². The lowest BCUT2D eigenvalue weighted by Crippen LogP contribution is -2.19. The van der Waals surface area contributed by atoms with Crippen molar-refractivity contribution in [1.82, 2.24) is 0 Å². The second-order valence-corrected chi connectivity index (χ2v) is 5.21. The first-order valence-electron chi connectivity index (χ1n) is 5.78. The van der Waals surface area contributed by atoms with Crippen LogP contribution in [0.5, 0.6) is 5.75 Å². The Labute approximate surface area is 116 Å². The first kappa shape index (κ1) is 11.7. The van der Waals surface area contributed by atoms with Crippen LogP contribution in [0.3, 0.4) is 0 Å². The molecule has 1 aliphatic rings. The van der Waals surface area contributed by atoms with E-state index >= 15 is 0 Å². The van der Waals surface area contributed by atoms with Gasteiger partial charge in [0.25, 0.3) is 0 Å². The van der Waals surface area contributed by atoms with Crippen LogP contribution in [-0.2, 0) is 0 Å². The highest BCUT2D eigenvalue weighted by Crippen LogP contribution is 2.36. The smallest absolute Gasteiger partial charge is 0.129 e. The third kappa shape index (κ3) is 2.14. The van der Waals surface area contributed by atoms with E-state index in [2.05, 4.69) is 12.1 Å². The molecule has 0 saturated carbocycles. The number of ether oxygens (including phenoxy) is 1. The summed E-state index contributed by atoms with van der Waals surface area (Å²) in [5, 5.41) is 0.692. The third-order valence-corrected chi connectivity index (χ3v) is 3.68. The maximum atomic E-state index is 6.00. The monoisotopic (exact) mass is 274 g/mol. The fourth-order valence-corrected chi connectivity index (χ4v) is 2.63. The molecule has 2 aromatic carbocycles. The van der Waals surface area contributed by atoms with Gasteiger partial charge in [-0.1, -0.05) is 54.2 Å². The number of fused-ring (bicyclic) bond motifs is 1. The second kappa shape index (κ2) is 4.71. The van der Waals surface area contributed by atoms with Crippen molar-refractivity contribution in [3.63, 3.8) is 0 Å². The standard InChI is InChI=1S/C15H11ClOS/c16-11-6-7-13-12(8-11)15(18)9-14(17-13)10-4-2-1-3-5-10/h1-8,14H,9H2. The average Bonchev–Trinajstić information content (AvgIpc) is 2.40. The fourth-order valence-electron chi connectivity index (χ4n) is 2.15. The Balaban J connectivity index is 1.97. The molecule has 0 spiro atoms. The zero-order valence-corrected chi connectivity index (χ0v) is 11.2. The van der Waals surface area contributed by atoms with Crippen LogP contribution in [0, 0.1) is 0 Å². The lowest BCUT2D eigenvalue weighted by atomic mass is 9.97. The summed E-state index contributed by atoms with van der Waals surface area (Å²) in [6.07, 6.45) is 0.736. The molecule has 3 rings (SSSR count). The molecule has 0 radical (unpaired) electrons. The van der Waals surface area contributed by atoms with Crippen LogP contribution in [0.25, 0.3) is 0 Å². The Morgan fingerprint density at radius 3 is 2.67 bits per heavy atom. The summed E-state index contributed by atoms with van der Waals surface area (Å²) in [4.78, 5) is 0.910. The minimum atomic E-state index is 0.00683. The lowest BCUT2D eigenvalue weighted by Gasteiger charge is -2.27. The summed E-state index contributed by atoms with van der Waals surface area (Å²) in [5.74, 6) is 0.824. The highest BCUT2D eigenvalue weighted by Gasteiger charge is 2.24. The van der Waals surface area contributed by atoms with Crippen LogP contribution in [-0.4, -0.2) is 4.86 Å². The van der Waals surface area contributed by atoms with Gasteiger partial charge in [0, 0.05) is 21.9 Å². The van der Waals surface area contributed by atoms with E-state index in [0.29, 0.717) is 5.02 Å². The molecule has 18 heavy (non-hydrogen) atoms. The minimum Gasteiger partial charge on any atom is -0.485 e. The molecule has 1 atom stereocenters. The zero-order valence-electron chi connectivity index (χ0n) is 9.60. The Morgan fingerprint density at radius 1 is 1.11 bits per heavy atom. The second-order valence-electron chi connectivity index (χ2n) is 4.28. The van der Waals surface area contributed by atoms with Gasteiger partial charge in [-0.15, -0.1) is 0 Å². The molecule has 0 saturated heterocycles. The van der Waals surface area contributed by atoms with Gasteiger partial charge in [0.1, 0.15) is 11.9 Å². The van der Waals surface area contributed by atoms with Gasteiger partial charge in [-0.25, -0.2) is 0 Å². The maximum absolute atomic E-state index is 6.00. The molecular weight excluding hydrogens is 264 g/mol. The number of rotatable bonds is 1. The van der Waals surface area contributed by atoms with Crippen molar-refractivity contribution in [1.29, 1.82) is 0 Å². The summed E-state index contributed by atoms with van der Waals surface area (Å²) in [6.45, 7) is 0. The van der Waals surface area contributed by atoms with Crippen LogP contribution < -0.4 is 4.74 Å². The summed E-state index contributed by atoms with van der Waals surface area (Å²) in [5.41, 5.74) is 2.10. The van der Waals surface area contributed by atoms with E-state index in [1.165, 1.54) is 0 Å². The highest BCUT2D eigenvalue weighted by molar-refractivity contribution is 7.80. The average molecular weight is 275 g/mol. The van der Waals surface area contributed by atoms with Gasteiger partial charge >= 0.3 is 0 Å². The number of hydrogen-bond acceptors (Lipinski definition) is 2. The van der Waals surface area contributed by atoms with Crippen molar-refractivity contribution in [2.75, 3.05) is 0 Å². The molecule has 0 aliphatic carbocycles. The molecule has 0 N–H and O–H groups in total. The molecule has 0 amide bonds. The zero-order chi connectivity index (χ0) is 12.5. The minimum absolute atomic E-state index is 0.00683. The summed E-state index contributed by atoms with van der Waals surface area (Å²) < 4.78 is 6.00. The Kier molecular flexibility index (Phi) is 3.06. The van der Waals surface area contributed by atoms with Gasteiger partial charge < -0.3 is 4.74 Å². The third-order valence-electron chi connectivity index (χ3n) is 3.05. The van der Waals surface area contributed by atoms with Gasteiger partial charge in [0.15, 0.2) is 0 Å². The van der Waals surface area contributed by atoms with Crippen molar-refractivity contribution >= 4 is 28.7 Å². The molecule has 3 heteroatoms. The molecule has 1 heterocycles. The molecular formula is C15H11ClOS. The number of benzene rings is 2. The molecule has 0 aromatic heterocycles. The normalized spacial score (nSPS) is 18.1. The van der Waals surface area contributed by atoms with Crippen LogP contribution in [0.15, 0.2) is 48.5 Å². The van der Waals surface area contributed by atoms with Gasteiger partial charge in [-0.3, -0.25) is 0 Å².